The SMILES string of the molecule is CC(C)(C)C(CNC(=O)c1ccc(Cl)cc1)Cc1ccc(Cl)cc1. The first-order valence-electron chi connectivity index (χ1n) is 8.04. The van der Waals surface area contributed by atoms with Crippen LogP contribution in [0.5, 0.6) is 0 Å². The molecule has 0 aliphatic heterocycles. The van der Waals surface area contributed by atoms with Crippen molar-refractivity contribution in [3.8, 4) is 0 Å². The molecule has 1 atom stereocenters. The van der Waals surface area contributed by atoms with Crippen LogP contribution in [0.3, 0.4) is 0 Å². The van der Waals surface area contributed by atoms with Crippen molar-refractivity contribution in [3.63, 3.8) is 0 Å². The zero-order valence-corrected chi connectivity index (χ0v) is 15.8. The van der Waals surface area contributed by atoms with Crippen LogP contribution >= 0.6 is 23.2 Å². The van der Waals surface area contributed by atoms with Gasteiger partial charge in [0.15, 0.2) is 0 Å². The lowest BCUT2D eigenvalue weighted by molar-refractivity contribution is 0.0933. The van der Waals surface area contributed by atoms with E-state index >= 15 is 0 Å². The van der Waals surface area contributed by atoms with Gasteiger partial charge in [-0.25, -0.2) is 0 Å². The van der Waals surface area contributed by atoms with Crippen LogP contribution in [0.4, 0.5) is 0 Å². The van der Waals surface area contributed by atoms with Gasteiger partial charge in [0.2, 0.25) is 0 Å². The molecule has 0 heterocycles. The molecule has 2 aromatic carbocycles. The second-order valence-electron chi connectivity index (χ2n) is 7.11. The van der Waals surface area contributed by atoms with Crippen molar-refractivity contribution in [2.75, 3.05) is 6.54 Å². The summed E-state index contributed by atoms with van der Waals surface area (Å²) >= 11 is 11.8. The quantitative estimate of drug-likeness (QED) is 0.732. The Morgan fingerprint density at radius 3 is 1.96 bits per heavy atom. The van der Waals surface area contributed by atoms with Gasteiger partial charge in [-0.15, -0.1) is 0 Å². The second kappa shape index (κ2) is 8.04. The van der Waals surface area contributed by atoms with Gasteiger partial charge in [0.1, 0.15) is 0 Å². The molecule has 1 unspecified atom stereocenters. The normalized spacial score (nSPS) is 12.7. The van der Waals surface area contributed by atoms with Crippen LogP contribution in [-0.4, -0.2) is 12.5 Å². The number of nitrogens with one attached hydrogen (secondary N) is 1. The number of benzene rings is 2. The van der Waals surface area contributed by atoms with Crippen molar-refractivity contribution in [1.29, 1.82) is 0 Å². The molecule has 1 N–H and O–H groups in total. The molecule has 2 rings (SSSR count). The first kappa shape index (κ1) is 18.8. The molecule has 0 saturated heterocycles. The minimum absolute atomic E-state index is 0.0722. The average molecular weight is 364 g/mol. The van der Waals surface area contributed by atoms with Crippen LogP contribution in [0.15, 0.2) is 48.5 Å². The van der Waals surface area contributed by atoms with Crippen LogP contribution in [0, 0.1) is 11.3 Å². The Kier molecular flexibility index (Phi) is 6.31. The number of amides is 1. The molecular formula is C20H23Cl2NO. The maximum absolute atomic E-state index is 12.3. The van der Waals surface area contributed by atoms with Crippen molar-refractivity contribution < 1.29 is 4.79 Å². The summed E-state index contributed by atoms with van der Waals surface area (Å²) in [7, 11) is 0. The van der Waals surface area contributed by atoms with Crippen molar-refractivity contribution in [1.82, 2.24) is 5.32 Å². The molecule has 0 aromatic heterocycles. The van der Waals surface area contributed by atoms with Gasteiger partial charge in [-0.2, -0.15) is 0 Å². The van der Waals surface area contributed by atoms with E-state index in [0.717, 1.165) is 11.4 Å². The summed E-state index contributed by atoms with van der Waals surface area (Å²) < 4.78 is 0. The molecule has 0 fully saturated rings. The molecule has 128 valence electrons. The van der Waals surface area contributed by atoms with Gasteiger partial charge in [0, 0.05) is 22.2 Å². The minimum Gasteiger partial charge on any atom is -0.352 e. The standard InChI is InChI=1S/C20H23Cl2NO/c1-20(2,3)16(12-14-4-8-17(21)9-5-14)13-23-19(24)15-6-10-18(22)11-7-15/h4-11,16H,12-13H2,1-3H3,(H,23,24). The van der Waals surface area contributed by atoms with E-state index in [0.29, 0.717) is 23.0 Å². The van der Waals surface area contributed by atoms with E-state index in [-0.39, 0.29) is 11.3 Å². The summed E-state index contributed by atoms with van der Waals surface area (Å²) in [5.74, 6) is 0.243. The van der Waals surface area contributed by atoms with Crippen LogP contribution in [0.2, 0.25) is 10.0 Å². The Bertz CT molecular complexity index is 672. The highest BCUT2D eigenvalue weighted by atomic mass is 35.5. The third-order valence-corrected chi connectivity index (χ3v) is 4.74. The lowest BCUT2D eigenvalue weighted by Gasteiger charge is -2.31. The topological polar surface area (TPSA) is 29.1 Å². The van der Waals surface area contributed by atoms with Gasteiger partial charge < -0.3 is 5.32 Å². The Morgan fingerprint density at radius 1 is 0.958 bits per heavy atom. The monoisotopic (exact) mass is 363 g/mol. The van der Waals surface area contributed by atoms with E-state index in [2.05, 4.69) is 26.1 Å². The first-order valence-corrected chi connectivity index (χ1v) is 8.79. The molecule has 2 aromatic rings. The highest BCUT2D eigenvalue weighted by molar-refractivity contribution is 6.30. The van der Waals surface area contributed by atoms with E-state index < -0.39 is 0 Å². The number of rotatable bonds is 5. The number of hydrogen-bond acceptors (Lipinski definition) is 1. The van der Waals surface area contributed by atoms with Gasteiger partial charge in [-0.1, -0.05) is 56.1 Å². The first-order chi connectivity index (χ1) is 11.3. The third kappa shape index (κ3) is 5.54. The highest BCUT2D eigenvalue weighted by Gasteiger charge is 2.25. The molecule has 24 heavy (non-hydrogen) atoms. The van der Waals surface area contributed by atoms with E-state index in [9.17, 15) is 4.79 Å². The Morgan fingerprint density at radius 2 is 1.46 bits per heavy atom. The summed E-state index contributed by atoms with van der Waals surface area (Å²) in [4.78, 5) is 12.3. The maximum atomic E-state index is 12.3. The fourth-order valence-electron chi connectivity index (χ4n) is 2.51. The molecule has 4 heteroatoms. The predicted molar refractivity (Wildman–Crippen MR) is 102 cm³/mol. The fraction of sp³-hybridized carbons (Fsp3) is 0.350. The number of carbonyl (C=O) groups is 1. The second-order valence-corrected chi connectivity index (χ2v) is 7.98. The molecule has 0 spiro atoms. The fourth-order valence-corrected chi connectivity index (χ4v) is 2.76. The largest absolute Gasteiger partial charge is 0.352 e. The smallest absolute Gasteiger partial charge is 0.251 e. The van der Waals surface area contributed by atoms with Crippen LogP contribution in [0.1, 0.15) is 36.7 Å². The van der Waals surface area contributed by atoms with Gasteiger partial charge in [0.05, 0.1) is 0 Å². The number of hydrogen-bond donors (Lipinski definition) is 1. The zero-order valence-electron chi connectivity index (χ0n) is 14.3. The van der Waals surface area contributed by atoms with Gasteiger partial charge in [-0.05, 0) is 59.7 Å². The van der Waals surface area contributed by atoms with E-state index in [4.69, 9.17) is 23.2 Å². The summed E-state index contributed by atoms with van der Waals surface area (Å²) in [6.45, 7) is 7.21. The van der Waals surface area contributed by atoms with Crippen LogP contribution in [0.25, 0.3) is 0 Å². The van der Waals surface area contributed by atoms with Gasteiger partial charge in [-0.3, -0.25) is 4.79 Å². The predicted octanol–water partition coefficient (Wildman–Crippen LogP) is 5.63. The van der Waals surface area contributed by atoms with E-state index in [1.165, 1.54) is 5.56 Å². The summed E-state index contributed by atoms with van der Waals surface area (Å²) in [6.07, 6.45) is 0.890. The van der Waals surface area contributed by atoms with Crippen molar-refractivity contribution >= 4 is 29.1 Å². The van der Waals surface area contributed by atoms with E-state index in [1.54, 1.807) is 24.3 Å². The van der Waals surface area contributed by atoms with Crippen molar-refractivity contribution in [3.05, 3.63) is 69.7 Å². The minimum atomic E-state index is -0.0722. The average Bonchev–Trinajstić information content (AvgIpc) is 2.52. The van der Waals surface area contributed by atoms with Crippen molar-refractivity contribution in [2.45, 2.75) is 27.2 Å². The van der Waals surface area contributed by atoms with Gasteiger partial charge in [0.25, 0.3) is 5.91 Å². The molecule has 0 aliphatic carbocycles. The lowest BCUT2D eigenvalue weighted by atomic mass is 9.77. The summed E-state index contributed by atoms with van der Waals surface area (Å²) in [5.41, 5.74) is 1.92. The number of carbonyl (C=O) groups excluding carboxylic acids is 1. The van der Waals surface area contributed by atoms with E-state index in [1.807, 2.05) is 24.3 Å². The molecular weight excluding hydrogens is 341 g/mol. The molecule has 0 radical (unpaired) electrons. The molecule has 0 saturated carbocycles. The maximum Gasteiger partial charge on any atom is 0.251 e. The van der Waals surface area contributed by atoms with Crippen molar-refractivity contribution in [2.24, 2.45) is 11.3 Å². The van der Waals surface area contributed by atoms with Gasteiger partial charge >= 0.3 is 0 Å². The lowest BCUT2D eigenvalue weighted by Crippen LogP contribution is -2.36. The Balaban J connectivity index is 2.02. The van der Waals surface area contributed by atoms with Crippen LogP contribution < -0.4 is 5.32 Å². The molecule has 1 amide bonds. The molecule has 0 aliphatic rings. The summed E-state index contributed by atoms with van der Waals surface area (Å²) in [5, 5.41) is 4.41. The summed E-state index contributed by atoms with van der Waals surface area (Å²) in [6, 6.07) is 14.8. The zero-order chi connectivity index (χ0) is 17.7. The molecule has 0 bridgehead atoms. The highest BCUT2D eigenvalue weighted by Crippen LogP contribution is 2.29. The third-order valence-electron chi connectivity index (χ3n) is 4.24. The Labute approximate surface area is 154 Å². The Hall–Kier alpha value is -1.51. The number of halogens is 2. The van der Waals surface area contributed by atoms with Crippen LogP contribution in [-0.2, 0) is 6.42 Å². The molecule has 2 nitrogen and oxygen atoms in total.